The number of ether oxygens (including phenoxy) is 3. The number of aryl methyl sites for hydroxylation is 1. The lowest BCUT2D eigenvalue weighted by molar-refractivity contribution is -0.145. The summed E-state index contributed by atoms with van der Waals surface area (Å²) in [7, 11) is 0. The normalized spacial score (nSPS) is 11.3. The van der Waals surface area contributed by atoms with Crippen molar-refractivity contribution in [1.82, 2.24) is 0 Å². The minimum Gasteiger partial charge on any atom is -0.493 e. The van der Waals surface area contributed by atoms with Gasteiger partial charge in [-0.05, 0) is 56.2 Å². The van der Waals surface area contributed by atoms with E-state index >= 15 is 0 Å². The van der Waals surface area contributed by atoms with Crippen molar-refractivity contribution in [1.29, 1.82) is 5.41 Å². The molecule has 1 atom stereocenters. The lowest BCUT2D eigenvalue weighted by atomic mass is 9.99. The maximum absolute atomic E-state index is 12.2. The fourth-order valence-corrected chi connectivity index (χ4v) is 3.07. The van der Waals surface area contributed by atoms with Crippen molar-refractivity contribution in [2.75, 3.05) is 25.1 Å². The molecule has 0 aliphatic heterocycles. The number of amidine groups is 1. The highest BCUT2D eigenvalue weighted by molar-refractivity contribution is 5.95. The second-order valence-corrected chi connectivity index (χ2v) is 6.78. The number of nitrogens with one attached hydrogen (secondary N) is 2. The summed E-state index contributed by atoms with van der Waals surface area (Å²) in [6, 6.07) is 8.67. The highest BCUT2D eigenvalue weighted by Crippen LogP contribution is 2.35. The third-order valence-electron chi connectivity index (χ3n) is 4.59. The van der Waals surface area contributed by atoms with Gasteiger partial charge in [0.25, 0.3) is 0 Å². The Kier molecular flexibility index (Phi) is 8.88. The number of nitrogens with two attached hydrogens (primary N) is 1. The Morgan fingerprint density at radius 2 is 1.75 bits per heavy atom. The van der Waals surface area contributed by atoms with Crippen LogP contribution in [-0.2, 0) is 20.7 Å². The molecule has 0 radical (unpaired) electrons. The molecule has 0 spiro atoms. The third-order valence-corrected chi connectivity index (χ3v) is 4.59. The van der Waals surface area contributed by atoms with Crippen LogP contribution in [-0.4, -0.2) is 42.7 Å². The predicted molar refractivity (Wildman–Crippen MR) is 121 cm³/mol. The molecular weight excluding hydrogens is 414 g/mol. The van der Waals surface area contributed by atoms with Crippen LogP contribution in [0.15, 0.2) is 36.4 Å². The third kappa shape index (κ3) is 6.37. The van der Waals surface area contributed by atoms with Crippen molar-refractivity contribution in [2.24, 2.45) is 5.73 Å². The van der Waals surface area contributed by atoms with Crippen molar-refractivity contribution < 1.29 is 28.9 Å². The van der Waals surface area contributed by atoms with Gasteiger partial charge < -0.3 is 30.4 Å². The number of carboxylic acid groups (broad SMARTS) is 1. The Balaban J connectivity index is 2.46. The first-order valence-electron chi connectivity index (χ1n) is 10.3. The quantitative estimate of drug-likeness (QED) is 0.222. The molecule has 2 rings (SSSR count). The molecule has 2 aromatic carbocycles. The van der Waals surface area contributed by atoms with Crippen LogP contribution in [0, 0.1) is 5.41 Å². The van der Waals surface area contributed by atoms with Crippen LogP contribution in [0.5, 0.6) is 11.5 Å². The molecule has 0 bridgehead atoms. The summed E-state index contributed by atoms with van der Waals surface area (Å²) in [4.78, 5) is 24.0. The minimum atomic E-state index is -1.17. The fourth-order valence-electron chi connectivity index (χ4n) is 3.07. The zero-order chi connectivity index (χ0) is 23.7. The molecule has 172 valence electrons. The Hall–Kier alpha value is -3.75. The SMILES string of the molecule is CCOC(=O)COc1cc(OCC)c(CC)cc1C(Nc1ccc(C(=N)N)cc1)C(=O)O. The second-order valence-electron chi connectivity index (χ2n) is 6.78. The largest absolute Gasteiger partial charge is 0.493 e. The number of nitrogen functional groups attached to an aromatic ring is 1. The number of carboxylic acids is 1. The van der Waals surface area contributed by atoms with E-state index in [1.54, 1.807) is 43.3 Å². The summed E-state index contributed by atoms with van der Waals surface area (Å²) < 4.78 is 16.2. The van der Waals surface area contributed by atoms with Gasteiger partial charge in [-0.3, -0.25) is 5.41 Å². The van der Waals surface area contributed by atoms with Crippen molar-refractivity contribution in [3.8, 4) is 11.5 Å². The Bertz CT molecular complexity index is 959. The van der Waals surface area contributed by atoms with Gasteiger partial charge >= 0.3 is 11.9 Å². The molecule has 0 saturated carbocycles. The molecule has 0 fully saturated rings. The number of hydrogen-bond donors (Lipinski definition) is 4. The van der Waals surface area contributed by atoms with E-state index in [9.17, 15) is 14.7 Å². The molecule has 2 aromatic rings. The molecule has 0 amide bonds. The molecule has 0 aliphatic rings. The average Bonchev–Trinajstić information content (AvgIpc) is 2.76. The van der Waals surface area contributed by atoms with E-state index < -0.39 is 18.0 Å². The van der Waals surface area contributed by atoms with Crippen LogP contribution in [0.2, 0.25) is 0 Å². The average molecular weight is 444 g/mol. The van der Waals surface area contributed by atoms with Crippen LogP contribution < -0.4 is 20.5 Å². The number of carbonyl (C=O) groups is 2. The van der Waals surface area contributed by atoms with E-state index in [0.29, 0.717) is 35.6 Å². The van der Waals surface area contributed by atoms with E-state index in [4.69, 9.17) is 25.4 Å². The van der Waals surface area contributed by atoms with Crippen LogP contribution in [0.4, 0.5) is 5.69 Å². The van der Waals surface area contributed by atoms with Crippen molar-refractivity contribution in [3.05, 3.63) is 53.1 Å². The molecule has 0 saturated heterocycles. The lowest BCUT2D eigenvalue weighted by Gasteiger charge is -2.22. The number of benzene rings is 2. The van der Waals surface area contributed by atoms with Crippen molar-refractivity contribution in [2.45, 2.75) is 33.2 Å². The van der Waals surface area contributed by atoms with E-state index in [1.807, 2.05) is 13.8 Å². The molecular formula is C23H29N3O6. The maximum atomic E-state index is 12.2. The van der Waals surface area contributed by atoms with Crippen molar-refractivity contribution in [3.63, 3.8) is 0 Å². The predicted octanol–water partition coefficient (Wildman–Crippen LogP) is 3.11. The molecule has 9 heteroatoms. The molecule has 1 unspecified atom stereocenters. The molecule has 5 N–H and O–H groups in total. The fraction of sp³-hybridized carbons (Fsp3) is 0.348. The smallest absolute Gasteiger partial charge is 0.344 e. The number of aliphatic carboxylic acids is 1. The molecule has 0 heterocycles. The van der Waals surface area contributed by atoms with Gasteiger partial charge in [0.2, 0.25) is 0 Å². The van der Waals surface area contributed by atoms with Crippen LogP contribution in [0.1, 0.15) is 43.5 Å². The zero-order valence-corrected chi connectivity index (χ0v) is 18.4. The van der Waals surface area contributed by atoms with E-state index in [2.05, 4.69) is 5.32 Å². The highest BCUT2D eigenvalue weighted by atomic mass is 16.6. The number of rotatable bonds is 12. The first kappa shape index (κ1) is 24.5. The van der Waals surface area contributed by atoms with Gasteiger partial charge in [0, 0.05) is 22.9 Å². The first-order chi connectivity index (χ1) is 15.3. The Labute approximate surface area is 187 Å². The van der Waals surface area contributed by atoms with Gasteiger partial charge in [0.05, 0.1) is 13.2 Å². The van der Waals surface area contributed by atoms with Crippen molar-refractivity contribution >= 4 is 23.5 Å². The number of carbonyl (C=O) groups excluding carboxylic acids is 1. The molecule has 32 heavy (non-hydrogen) atoms. The Morgan fingerprint density at radius 3 is 2.28 bits per heavy atom. The van der Waals surface area contributed by atoms with Gasteiger partial charge in [0.1, 0.15) is 17.3 Å². The van der Waals surface area contributed by atoms with Gasteiger partial charge in [-0.2, -0.15) is 0 Å². The topological polar surface area (TPSA) is 144 Å². The minimum absolute atomic E-state index is 0.0833. The summed E-state index contributed by atoms with van der Waals surface area (Å²) in [5, 5.41) is 20.4. The van der Waals surface area contributed by atoms with Crippen LogP contribution in [0.3, 0.4) is 0 Å². The van der Waals surface area contributed by atoms with E-state index in [-0.39, 0.29) is 24.8 Å². The van der Waals surface area contributed by atoms with E-state index in [0.717, 1.165) is 5.56 Å². The summed E-state index contributed by atoms with van der Waals surface area (Å²) in [6.45, 7) is 5.74. The second kappa shape index (κ2) is 11.6. The molecule has 9 nitrogen and oxygen atoms in total. The zero-order valence-electron chi connectivity index (χ0n) is 18.4. The maximum Gasteiger partial charge on any atom is 0.344 e. The lowest BCUT2D eigenvalue weighted by Crippen LogP contribution is -2.23. The van der Waals surface area contributed by atoms with Gasteiger partial charge in [0.15, 0.2) is 12.6 Å². The van der Waals surface area contributed by atoms with Gasteiger partial charge in [-0.15, -0.1) is 0 Å². The van der Waals surface area contributed by atoms with Crippen LogP contribution >= 0.6 is 0 Å². The van der Waals surface area contributed by atoms with Crippen LogP contribution in [0.25, 0.3) is 0 Å². The summed E-state index contributed by atoms with van der Waals surface area (Å²) in [6.07, 6.45) is 0.611. The molecule has 0 aromatic heterocycles. The summed E-state index contributed by atoms with van der Waals surface area (Å²) >= 11 is 0. The first-order valence-corrected chi connectivity index (χ1v) is 10.3. The summed E-state index contributed by atoms with van der Waals surface area (Å²) in [5.41, 5.74) is 7.67. The molecule has 0 aliphatic carbocycles. The Morgan fingerprint density at radius 1 is 1.06 bits per heavy atom. The monoisotopic (exact) mass is 443 g/mol. The number of esters is 1. The standard InChI is InChI=1S/C23H29N3O6/c1-4-14-11-17(19(12-18(14)30-5-2)32-13-20(27)31-6-3)21(23(28)29)26-16-9-7-15(8-10-16)22(24)25/h7-12,21,26H,4-6,13H2,1-3H3,(H3,24,25)(H,28,29). The number of anilines is 1. The van der Waals surface area contributed by atoms with Gasteiger partial charge in [-0.25, -0.2) is 9.59 Å². The summed E-state index contributed by atoms with van der Waals surface area (Å²) in [5.74, 6) is -1.00. The number of hydrogen-bond acceptors (Lipinski definition) is 7. The van der Waals surface area contributed by atoms with E-state index in [1.165, 1.54) is 0 Å². The van der Waals surface area contributed by atoms with Gasteiger partial charge in [-0.1, -0.05) is 6.92 Å². The highest BCUT2D eigenvalue weighted by Gasteiger charge is 2.26.